The number of carbonyl (C=O) groups excluding carboxylic acids is 1. The van der Waals surface area contributed by atoms with E-state index in [4.69, 9.17) is 0 Å². The highest BCUT2D eigenvalue weighted by Gasteiger charge is 2.17. The molecule has 1 amide bonds. The van der Waals surface area contributed by atoms with Crippen molar-refractivity contribution in [2.24, 2.45) is 0 Å². The lowest BCUT2D eigenvalue weighted by atomic mass is 10.2. The molecule has 0 radical (unpaired) electrons. The highest BCUT2D eigenvalue weighted by molar-refractivity contribution is 5.85. The minimum atomic E-state index is -0.255. The lowest BCUT2D eigenvalue weighted by Gasteiger charge is -2.13. The topological polar surface area (TPSA) is 84.7 Å². The fourth-order valence-corrected chi connectivity index (χ4v) is 1.83. The average molecular weight is 311 g/mol. The maximum atomic E-state index is 11.7. The van der Waals surface area contributed by atoms with Crippen molar-refractivity contribution in [1.29, 1.82) is 0 Å². The van der Waals surface area contributed by atoms with Gasteiger partial charge in [-0.1, -0.05) is 18.2 Å². The van der Waals surface area contributed by atoms with Gasteiger partial charge in [-0.25, -0.2) is 0 Å². The average Bonchev–Trinajstić information content (AvgIpc) is 2.95. The molecule has 2 aromatic rings. The Morgan fingerprint density at radius 2 is 2.05 bits per heavy atom. The van der Waals surface area contributed by atoms with Crippen LogP contribution in [0.25, 0.3) is 5.69 Å². The van der Waals surface area contributed by atoms with Crippen molar-refractivity contribution in [2.75, 3.05) is 13.6 Å². The minimum Gasteiger partial charge on any atom is -0.346 e. The van der Waals surface area contributed by atoms with Gasteiger partial charge in [-0.15, -0.1) is 17.5 Å². The number of hydrogen-bond acceptors (Lipinski definition) is 5. The van der Waals surface area contributed by atoms with Crippen molar-refractivity contribution < 1.29 is 4.79 Å². The van der Waals surface area contributed by atoms with Gasteiger partial charge in [0.15, 0.2) is 5.82 Å². The Morgan fingerprint density at radius 1 is 1.33 bits per heavy atom. The molecule has 0 saturated carbocycles. The SMILES string of the molecule is CNCCC(=O)NC(C)c1nnnn1-c1ccccc1.Cl. The van der Waals surface area contributed by atoms with E-state index in [9.17, 15) is 4.79 Å². The van der Waals surface area contributed by atoms with Crippen LogP contribution >= 0.6 is 12.4 Å². The van der Waals surface area contributed by atoms with E-state index in [1.54, 1.807) is 4.68 Å². The summed E-state index contributed by atoms with van der Waals surface area (Å²) in [4.78, 5) is 11.7. The van der Waals surface area contributed by atoms with E-state index in [-0.39, 0.29) is 24.4 Å². The Labute approximate surface area is 129 Å². The molecule has 1 heterocycles. The van der Waals surface area contributed by atoms with Gasteiger partial charge in [-0.05, 0) is 36.5 Å². The zero-order valence-corrected chi connectivity index (χ0v) is 12.8. The first-order valence-electron chi connectivity index (χ1n) is 6.50. The molecule has 1 atom stereocenters. The number of nitrogens with zero attached hydrogens (tertiary/aromatic N) is 4. The van der Waals surface area contributed by atoms with Crippen molar-refractivity contribution in [3.63, 3.8) is 0 Å². The number of rotatable bonds is 6. The van der Waals surface area contributed by atoms with Gasteiger partial charge < -0.3 is 10.6 Å². The number of benzene rings is 1. The van der Waals surface area contributed by atoms with E-state index in [2.05, 4.69) is 26.2 Å². The molecule has 2 rings (SSSR count). The largest absolute Gasteiger partial charge is 0.346 e. The smallest absolute Gasteiger partial charge is 0.221 e. The molecule has 114 valence electrons. The number of hydrogen-bond donors (Lipinski definition) is 2. The summed E-state index contributed by atoms with van der Waals surface area (Å²) in [6.07, 6.45) is 0.424. The molecule has 1 aromatic carbocycles. The first kappa shape index (κ1) is 17.1. The predicted molar refractivity (Wildman–Crippen MR) is 81.5 cm³/mol. The van der Waals surface area contributed by atoms with Gasteiger partial charge in [0.1, 0.15) is 0 Å². The molecule has 0 aliphatic carbocycles. The molecular formula is C13H19ClN6O. The first-order chi connectivity index (χ1) is 9.72. The summed E-state index contributed by atoms with van der Waals surface area (Å²) in [5.74, 6) is 0.573. The van der Waals surface area contributed by atoms with Crippen LogP contribution in [-0.4, -0.2) is 39.7 Å². The molecule has 0 spiro atoms. The fraction of sp³-hybridized carbons (Fsp3) is 0.385. The second-order valence-corrected chi connectivity index (χ2v) is 4.43. The van der Waals surface area contributed by atoms with Gasteiger partial charge in [0.25, 0.3) is 0 Å². The van der Waals surface area contributed by atoms with Crippen molar-refractivity contribution in [1.82, 2.24) is 30.8 Å². The molecule has 1 unspecified atom stereocenters. The lowest BCUT2D eigenvalue weighted by molar-refractivity contribution is -0.121. The first-order valence-corrected chi connectivity index (χ1v) is 6.50. The molecule has 0 saturated heterocycles. The molecule has 1 aromatic heterocycles. The van der Waals surface area contributed by atoms with Gasteiger partial charge >= 0.3 is 0 Å². The Kier molecular flexibility index (Phi) is 6.77. The second-order valence-electron chi connectivity index (χ2n) is 4.43. The molecule has 0 aliphatic heterocycles. The van der Waals surface area contributed by atoms with E-state index in [1.165, 1.54) is 0 Å². The zero-order chi connectivity index (χ0) is 14.4. The summed E-state index contributed by atoms with van der Waals surface area (Å²) in [5, 5.41) is 17.5. The van der Waals surface area contributed by atoms with Crippen LogP contribution in [0, 0.1) is 0 Å². The Balaban J connectivity index is 0.00000220. The van der Waals surface area contributed by atoms with Gasteiger partial charge in [0.2, 0.25) is 5.91 Å². The quantitative estimate of drug-likeness (QED) is 0.827. The second kappa shape index (κ2) is 8.33. The molecule has 8 heteroatoms. The summed E-state index contributed by atoms with van der Waals surface area (Å²) < 4.78 is 1.63. The number of tetrazole rings is 1. The number of para-hydroxylation sites is 1. The van der Waals surface area contributed by atoms with E-state index >= 15 is 0 Å². The van der Waals surface area contributed by atoms with Crippen molar-refractivity contribution in [2.45, 2.75) is 19.4 Å². The summed E-state index contributed by atoms with van der Waals surface area (Å²) in [5.41, 5.74) is 0.865. The molecular weight excluding hydrogens is 292 g/mol. The summed E-state index contributed by atoms with van der Waals surface area (Å²) in [7, 11) is 1.81. The van der Waals surface area contributed by atoms with Gasteiger partial charge in [0, 0.05) is 13.0 Å². The molecule has 2 N–H and O–H groups in total. The third-order valence-electron chi connectivity index (χ3n) is 2.86. The maximum Gasteiger partial charge on any atom is 0.221 e. The van der Waals surface area contributed by atoms with Crippen LogP contribution in [0.2, 0.25) is 0 Å². The van der Waals surface area contributed by atoms with Crippen LogP contribution in [0.3, 0.4) is 0 Å². The van der Waals surface area contributed by atoms with Crippen LogP contribution in [0.4, 0.5) is 0 Å². The number of carbonyl (C=O) groups is 1. The zero-order valence-electron chi connectivity index (χ0n) is 12.0. The number of amides is 1. The van der Waals surface area contributed by atoms with Crippen LogP contribution in [0.15, 0.2) is 30.3 Å². The van der Waals surface area contributed by atoms with Gasteiger partial charge in [-0.2, -0.15) is 4.68 Å². The minimum absolute atomic E-state index is 0. The molecule has 7 nitrogen and oxygen atoms in total. The highest BCUT2D eigenvalue weighted by Crippen LogP contribution is 2.13. The molecule has 0 fully saturated rings. The maximum absolute atomic E-state index is 11.7. The monoisotopic (exact) mass is 310 g/mol. The van der Waals surface area contributed by atoms with Crippen LogP contribution < -0.4 is 10.6 Å². The predicted octanol–water partition coefficient (Wildman–Crippen LogP) is 0.871. The highest BCUT2D eigenvalue weighted by atomic mass is 35.5. The van der Waals surface area contributed by atoms with E-state index in [0.29, 0.717) is 18.8 Å². The van der Waals surface area contributed by atoms with E-state index < -0.39 is 0 Å². The van der Waals surface area contributed by atoms with Crippen molar-refractivity contribution in [3.8, 4) is 5.69 Å². The Hall–Kier alpha value is -1.99. The number of aromatic nitrogens is 4. The third kappa shape index (κ3) is 4.51. The third-order valence-corrected chi connectivity index (χ3v) is 2.86. The summed E-state index contributed by atoms with van der Waals surface area (Å²) >= 11 is 0. The molecule has 0 aliphatic rings. The Morgan fingerprint density at radius 3 is 2.71 bits per heavy atom. The van der Waals surface area contributed by atoms with Gasteiger partial charge in [-0.3, -0.25) is 4.79 Å². The normalized spacial score (nSPS) is 11.5. The number of nitrogens with one attached hydrogen (secondary N) is 2. The van der Waals surface area contributed by atoms with E-state index in [0.717, 1.165) is 5.69 Å². The van der Waals surface area contributed by atoms with Gasteiger partial charge in [0.05, 0.1) is 11.7 Å². The lowest BCUT2D eigenvalue weighted by Crippen LogP contribution is -2.30. The standard InChI is InChI=1S/C13H18N6O.ClH/c1-10(15-12(20)8-9-14-2)13-16-17-18-19(13)11-6-4-3-5-7-11;/h3-7,10,14H,8-9H2,1-2H3,(H,15,20);1H. The van der Waals surface area contributed by atoms with Crippen LogP contribution in [0.5, 0.6) is 0 Å². The Bertz CT molecular complexity index is 559. The molecule has 21 heavy (non-hydrogen) atoms. The fourth-order valence-electron chi connectivity index (χ4n) is 1.83. The molecule has 0 bridgehead atoms. The summed E-state index contributed by atoms with van der Waals surface area (Å²) in [6.45, 7) is 2.50. The van der Waals surface area contributed by atoms with E-state index in [1.807, 2.05) is 44.3 Å². The van der Waals surface area contributed by atoms with Crippen LogP contribution in [0.1, 0.15) is 25.2 Å². The van der Waals surface area contributed by atoms with Crippen LogP contribution in [-0.2, 0) is 4.79 Å². The van der Waals surface area contributed by atoms with Crippen molar-refractivity contribution in [3.05, 3.63) is 36.2 Å². The van der Waals surface area contributed by atoms with Crippen molar-refractivity contribution >= 4 is 18.3 Å². The number of halogens is 1. The summed E-state index contributed by atoms with van der Waals surface area (Å²) in [6, 6.07) is 9.32.